The fraction of sp³-hybridized carbons (Fsp3) is 1.00. The van der Waals surface area contributed by atoms with Crippen molar-refractivity contribution in [3.05, 3.63) is 0 Å². The maximum Gasteiger partial charge on any atom is 0.164 e. The molecule has 10 heavy (non-hydrogen) atoms. The summed E-state index contributed by atoms with van der Waals surface area (Å²) in [7, 11) is -1.69. The van der Waals surface area contributed by atoms with Gasteiger partial charge in [-0.3, -0.25) is 0 Å². The minimum Gasteiger partial charge on any atom is -0.169 e. The summed E-state index contributed by atoms with van der Waals surface area (Å²) in [5.74, 6) is 0. The Kier molecular flexibility index (Phi) is 3.29. The summed E-state index contributed by atoms with van der Waals surface area (Å²) in [6.45, 7) is 2.23. The van der Waals surface area contributed by atoms with E-state index < -0.39 is 15.5 Å². The molecular formula is C6H13Cl2Si2. The van der Waals surface area contributed by atoms with E-state index in [1.54, 1.807) is 0 Å². The van der Waals surface area contributed by atoms with Crippen molar-refractivity contribution in [1.82, 2.24) is 0 Å². The van der Waals surface area contributed by atoms with Crippen LogP contribution in [0, 0.1) is 0 Å². The van der Waals surface area contributed by atoms with Crippen LogP contribution in [-0.2, 0) is 0 Å². The van der Waals surface area contributed by atoms with Crippen LogP contribution >= 0.6 is 22.2 Å². The normalized spacial score (nSPS) is 26.7. The maximum atomic E-state index is 6.42. The Bertz CT molecular complexity index is 110. The Balaban J connectivity index is 2.38. The highest BCUT2D eigenvalue weighted by Gasteiger charge is 2.34. The first-order valence-corrected chi connectivity index (χ1v) is 10.4. The molecule has 1 aliphatic heterocycles. The predicted molar refractivity (Wildman–Crippen MR) is 52.9 cm³/mol. The first kappa shape index (κ1) is 9.10. The average Bonchev–Trinajstić information content (AvgIpc) is 1.96. The van der Waals surface area contributed by atoms with Crippen molar-refractivity contribution >= 4 is 37.6 Å². The monoisotopic (exact) mass is 211 g/mol. The summed E-state index contributed by atoms with van der Waals surface area (Å²) >= 11 is 12.5. The van der Waals surface area contributed by atoms with Gasteiger partial charge < -0.3 is 0 Å². The minimum atomic E-state index is -1.24. The third-order valence-electron chi connectivity index (χ3n) is 2.32. The zero-order valence-electron chi connectivity index (χ0n) is 6.29. The lowest BCUT2D eigenvalue weighted by Crippen LogP contribution is -2.32. The molecule has 0 aromatic heterocycles. The van der Waals surface area contributed by atoms with Crippen LogP contribution in [0.25, 0.3) is 0 Å². The highest BCUT2D eigenvalue weighted by Crippen LogP contribution is 2.36. The molecule has 1 fully saturated rings. The molecule has 1 radical (unpaired) electrons. The highest BCUT2D eigenvalue weighted by atomic mass is 35.6. The Morgan fingerprint density at radius 1 is 1.40 bits per heavy atom. The van der Waals surface area contributed by atoms with Crippen LogP contribution < -0.4 is 0 Å². The molecule has 1 heterocycles. The van der Waals surface area contributed by atoms with Crippen LogP contribution in [0.2, 0.25) is 30.2 Å². The molecule has 0 atom stereocenters. The van der Waals surface area contributed by atoms with Gasteiger partial charge in [-0.05, 0) is 30.2 Å². The van der Waals surface area contributed by atoms with Gasteiger partial charge in [0.05, 0.1) is 0 Å². The summed E-state index contributed by atoms with van der Waals surface area (Å²) in [5, 5.41) is 0. The van der Waals surface area contributed by atoms with Crippen molar-refractivity contribution in [2.24, 2.45) is 0 Å². The van der Waals surface area contributed by atoms with Crippen LogP contribution in [0.5, 0.6) is 0 Å². The topological polar surface area (TPSA) is 0 Å². The lowest BCUT2D eigenvalue weighted by atomic mass is 10.9. The van der Waals surface area contributed by atoms with E-state index >= 15 is 0 Å². The molecule has 0 aromatic carbocycles. The van der Waals surface area contributed by atoms with Crippen molar-refractivity contribution in [1.29, 1.82) is 0 Å². The fourth-order valence-electron chi connectivity index (χ4n) is 1.32. The summed E-state index contributed by atoms with van der Waals surface area (Å²) < 4.78 is 0. The Morgan fingerprint density at radius 2 is 1.90 bits per heavy atom. The van der Waals surface area contributed by atoms with Crippen LogP contribution in [0.4, 0.5) is 0 Å². The first-order chi connectivity index (χ1) is 4.66. The lowest BCUT2D eigenvalue weighted by molar-refractivity contribution is 1.15. The smallest absolute Gasteiger partial charge is 0.164 e. The third kappa shape index (κ3) is 2.26. The van der Waals surface area contributed by atoms with Gasteiger partial charge in [0.25, 0.3) is 0 Å². The van der Waals surface area contributed by atoms with Crippen molar-refractivity contribution in [2.75, 3.05) is 0 Å². The molecule has 0 N–H and O–H groups in total. The standard InChI is InChI=1S/C6H13Cl2Si2/c1-2-10(8)5-3-9(7)4-6-10/h2-6H2,1H3. The van der Waals surface area contributed by atoms with E-state index in [2.05, 4.69) is 6.92 Å². The number of rotatable bonds is 1. The molecule has 1 rings (SSSR count). The molecule has 0 saturated carbocycles. The Hall–Kier alpha value is 1.01. The number of hydrogen-bond donors (Lipinski definition) is 0. The minimum absolute atomic E-state index is 0.451. The predicted octanol–water partition coefficient (Wildman–Crippen LogP) is 3.43. The summed E-state index contributed by atoms with van der Waals surface area (Å²) in [6.07, 6.45) is 0. The van der Waals surface area contributed by atoms with Gasteiger partial charge >= 0.3 is 0 Å². The van der Waals surface area contributed by atoms with E-state index in [9.17, 15) is 0 Å². The largest absolute Gasteiger partial charge is 0.169 e. The second-order valence-corrected chi connectivity index (χ2v) is 13.1. The van der Waals surface area contributed by atoms with Gasteiger partial charge in [-0.2, -0.15) is 22.2 Å². The number of hydrogen-bond acceptors (Lipinski definition) is 0. The van der Waals surface area contributed by atoms with Crippen LogP contribution in [-0.4, -0.2) is 15.5 Å². The van der Waals surface area contributed by atoms with Gasteiger partial charge in [-0.25, -0.2) is 0 Å². The third-order valence-corrected chi connectivity index (χ3v) is 11.5. The van der Waals surface area contributed by atoms with Gasteiger partial charge in [0.15, 0.2) is 15.5 Å². The van der Waals surface area contributed by atoms with E-state index in [4.69, 9.17) is 22.2 Å². The van der Waals surface area contributed by atoms with Gasteiger partial charge in [0.1, 0.15) is 0 Å². The zero-order valence-corrected chi connectivity index (χ0v) is 9.80. The van der Waals surface area contributed by atoms with Crippen molar-refractivity contribution < 1.29 is 0 Å². The molecule has 0 unspecified atom stereocenters. The fourth-order valence-corrected chi connectivity index (χ4v) is 11.7. The Morgan fingerprint density at radius 3 is 2.30 bits per heavy atom. The van der Waals surface area contributed by atoms with Gasteiger partial charge in [0, 0.05) is 0 Å². The molecule has 0 aromatic rings. The van der Waals surface area contributed by atoms with Gasteiger partial charge in [-0.1, -0.05) is 6.92 Å². The van der Waals surface area contributed by atoms with Crippen molar-refractivity contribution in [3.63, 3.8) is 0 Å². The zero-order chi connectivity index (χ0) is 7.61. The summed E-state index contributed by atoms with van der Waals surface area (Å²) in [4.78, 5) is 0. The van der Waals surface area contributed by atoms with Crippen molar-refractivity contribution in [3.8, 4) is 0 Å². The molecule has 1 aliphatic rings. The van der Waals surface area contributed by atoms with Crippen LogP contribution in [0.3, 0.4) is 0 Å². The first-order valence-electron chi connectivity index (χ1n) is 3.85. The molecule has 0 nitrogen and oxygen atoms in total. The quantitative estimate of drug-likeness (QED) is 0.461. The van der Waals surface area contributed by atoms with E-state index in [1.807, 2.05) is 0 Å². The second-order valence-electron chi connectivity index (χ2n) is 3.02. The molecule has 1 saturated heterocycles. The van der Waals surface area contributed by atoms with Gasteiger partial charge in [0.2, 0.25) is 0 Å². The van der Waals surface area contributed by atoms with Crippen molar-refractivity contribution in [2.45, 2.75) is 37.1 Å². The summed E-state index contributed by atoms with van der Waals surface area (Å²) in [5.41, 5.74) is 0. The molecule has 4 heteroatoms. The maximum absolute atomic E-state index is 6.42. The molecule has 0 amide bonds. The molecule has 59 valence electrons. The second kappa shape index (κ2) is 3.61. The van der Waals surface area contributed by atoms with E-state index in [0.29, 0.717) is 0 Å². The molecule has 0 spiro atoms. The van der Waals surface area contributed by atoms with Crippen LogP contribution in [0.1, 0.15) is 6.92 Å². The molecule has 0 bridgehead atoms. The molecule has 0 aliphatic carbocycles. The Labute approximate surface area is 74.9 Å². The van der Waals surface area contributed by atoms with E-state index in [1.165, 1.54) is 30.2 Å². The van der Waals surface area contributed by atoms with E-state index in [0.717, 1.165) is 0 Å². The van der Waals surface area contributed by atoms with Gasteiger partial charge in [-0.15, -0.1) is 0 Å². The van der Waals surface area contributed by atoms with E-state index in [-0.39, 0.29) is 0 Å². The lowest BCUT2D eigenvalue weighted by Gasteiger charge is -2.28. The average molecular weight is 212 g/mol. The number of halogens is 2. The highest BCUT2D eigenvalue weighted by molar-refractivity contribution is 7.22. The van der Waals surface area contributed by atoms with Crippen LogP contribution in [0.15, 0.2) is 0 Å². The SMILES string of the molecule is CC[Si]1(Cl)CC[Si](Cl)CC1. The molecular weight excluding hydrogens is 199 g/mol. The summed E-state index contributed by atoms with van der Waals surface area (Å²) in [6, 6.07) is 6.32.